The van der Waals surface area contributed by atoms with E-state index in [4.69, 9.17) is 14.7 Å². The predicted molar refractivity (Wildman–Crippen MR) is 66.1 cm³/mol. The summed E-state index contributed by atoms with van der Waals surface area (Å²) in [6.07, 6.45) is 0. The van der Waals surface area contributed by atoms with E-state index in [0.29, 0.717) is 17.5 Å². The lowest BCUT2D eigenvalue weighted by Gasteiger charge is -2.12. The standard InChI is InChI=1S/C13H18N2O2/c1-10(2)15-9-11-4-5-12(17-7-6-14)13(8-11)16-3/h4-5,8,10,15H,7,9H2,1-3H3. The molecule has 4 heteroatoms. The van der Waals surface area contributed by atoms with Crippen LogP contribution in [-0.2, 0) is 6.54 Å². The van der Waals surface area contributed by atoms with Crippen LogP contribution in [0.3, 0.4) is 0 Å². The van der Waals surface area contributed by atoms with E-state index in [-0.39, 0.29) is 6.61 Å². The van der Waals surface area contributed by atoms with Gasteiger partial charge in [0.2, 0.25) is 0 Å². The van der Waals surface area contributed by atoms with E-state index in [1.165, 1.54) is 0 Å². The number of methoxy groups -OCH3 is 1. The molecule has 0 aromatic heterocycles. The Morgan fingerprint density at radius 2 is 2.12 bits per heavy atom. The summed E-state index contributed by atoms with van der Waals surface area (Å²) >= 11 is 0. The summed E-state index contributed by atoms with van der Waals surface area (Å²) in [5, 5.41) is 11.8. The third kappa shape index (κ3) is 4.33. The van der Waals surface area contributed by atoms with Crippen LogP contribution in [0.5, 0.6) is 11.5 Å². The van der Waals surface area contributed by atoms with Gasteiger partial charge in [-0.15, -0.1) is 0 Å². The molecule has 0 aliphatic carbocycles. The number of nitrogens with one attached hydrogen (secondary N) is 1. The lowest BCUT2D eigenvalue weighted by atomic mass is 10.2. The topological polar surface area (TPSA) is 54.3 Å². The van der Waals surface area contributed by atoms with Crippen LogP contribution in [0.25, 0.3) is 0 Å². The summed E-state index contributed by atoms with van der Waals surface area (Å²) in [6, 6.07) is 8.08. The maximum atomic E-state index is 8.47. The molecule has 0 spiro atoms. The molecule has 0 saturated carbocycles. The highest BCUT2D eigenvalue weighted by Gasteiger charge is 2.05. The largest absolute Gasteiger partial charge is 0.493 e. The van der Waals surface area contributed by atoms with E-state index < -0.39 is 0 Å². The Balaban J connectivity index is 2.74. The molecule has 0 amide bonds. The summed E-state index contributed by atoms with van der Waals surface area (Å²) in [7, 11) is 1.59. The molecule has 0 aliphatic rings. The van der Waals surface area contributed by atoms with Crippen molar-refractivity contribution in [3.05, 3.63) is 23.8 Å². The fourth-order valence-corrected chi connectivity index (χ4v) is 1.37. The molecule has 92 valence electrons. The van der Waals surface area contributed by atoms with Gasteiger partial charge in [0, 0.05) is 12.6 Å². The van der Waals surface area contributed by atoms with Crippen molar-refractivity contribution in [1.29, 1.82) is 5.26 Å². The first-order valence-electron chi connectivity index (χ1n) is 5.57. The van der Waals surface area contributed by atoms with Gasteiger partial charge in [-0.25, -0.2) is 0 Å². The molecule has 0 atom stereocenters. The van der Waals surface area contributed by atoms with Gasteiger partial charge in [-0.2, -0.15) is 5.26 Å². The van der Waals surface area contributed by atoms with Gasteiger partial charge in [0.05, 0.1) is 7.11 Å². The molecule has 0 radical (unpaired) electrons. The van der Waals surface area contributed by atoms with Crippen LogP contribution in [0.1, 0.15) is 19.4 Å². The summed E-state index contributed by atoms with van der Waals surface area (Å²) in [6.45, 7) is 5.01. The second kappa shape index (κ2) is 6.77. The van der Waals surface area contributed by atoms with Crippen molar-refractivity contribution in [2.45, 2.75) is 26.4 Å². The zero-order chi connectivity index (χ0) is 12.7. The molecule has 0 unspecified atom stereocenters. The highest BCUT2D eigenvalue weighted by molar-refractivity contribution is 5.43. The number of benzene rings is 1. The van der Waals surface area contributed by atoms with E-state index >= 15 is 0 Å². The van der Waals surface area contributed by atoms with Crippen molar-refractivity contribution in [3.63, 3.8) is 0 Å². The zero-order valence-corrected chi connectivity index (χ0v) is 10.5. The Hall–Kier alpha value is -1.73. The molecule has 1 aromatic carbocycles. The average Bonchev–Trinajstić information content (AvgIpc) is 2.34. The van der Waals surface area contributed by atoms with Gasteiger partial charge < -0.3 is 14.8 Å². The summed E-state index contributed by atoms with van der Waals surface area (Å²) in [5.74, 6) is 1.26. The van der Waals surface area contributed by atoms with Crippen molar-refractivity contribution in [2.24, 2.45) is 0 Å². The number of nitrogens with zero attached hydrogens (tertiary/aromatic N) is 1. The summed E-state index contributed by atoms with van der Waals surface area (Å²) in [4.78, 5) is 0. The second-order valence-electron chi connectivity index (χ2n) is 3.97. The highest BCUT2D eigenvalue weighted by Crippen LogP contribution is 2.27. The second-order valence-corrected chi connectivity index (χ2v) is 3.97. The zero-order valence-electron chi connectivity index (χ0n) is 10.5. The lowest BCUT2D eigenvalue weighted by molar-refractivity contribution is 0.329. The fraction of sp³-hybridized carbons (Fsp3) is 0.462. The predicted octanol–water partition coefficient (Wildman–Crippen LogP) is 2.10. The van der Waals surface area contributed by atoms with Crippen LogP contribution >= 0.6 is 0 Å². The average molecular weight is 234 g/mol. The van der Waals surface area contributed by atoms with Crippen LogP contribution in [0.4, 0.5) is 0 Å². The SMILES string of the molecule is COc1cc(CNC(C)C)ccc1OCC#N. The number of hydrogen-bond acceptors (Lipinski definition) is 4. The first kappa shape index (κ1) is 13.3. The molecule has 0 bridgehead atoms. The molecule has 4 nitrogen and oxygen atoms in total. The van der Waals surface area contributed by atoms with Crippen LogP contribution < -0.4 is 14.8 Å². The van der Waals surface area contributed by atoms with Gasteiger partial charge in [-0.05, 0) is 17.7 Å². The smallest absolute Gasteiger partial charge is 0.174 e. The van der Waals surface area contributed by atoms with Gasteiger partial charge in [0.15, 0.2) is 18.1 Å². The monoisotopic (exact) mass is 234 g/mol. The normalized spacial score (nSPS) is 10.1. The first-order chi connectivity index (χ1) is 8.17. The maximum Gasteiger partial charge on any atom is 0.174 e. The van der Waals surface area contributed by atoms with E-state index in [1.807, 2.05) is 24.3 Å². The van der Waals surface area contributed by atoms with Crippen LogP contribution in [0.15, 0.2) is 18.2 Å². The van der Waals surface area contributed by atoms with Gasteiger partial charge in [0.25, 0.3) is 0 Å². The Morgan fingerprint density at radius 1 is 1.35 bits per heavy atom. The number of rotatable bonds is 6. The lowest BCUT2D eigenvalue weighted by Crippen LogP contribution is -2.21. The van der Waals surface area contributed by atoms with Gasteiger partial charge in [-0.3, -0.25) is 0 Å². The molecular formula is C13H18N2O2. The van der Waals surface area contributed by atoms with Crippen molar-refractivity contribution >= 4 is 0 Å². The molecular weight excluding hydrogens is 216 g/mol. The van der Waals surface area contributed by atoms with Crippen molar-refractivity contribution in [3.8, 4) is 17.6 Å². The Kier molecular flexibility index (Phi) is 5.31. The van der Waals surface area contributed by atoms with Gasteiger partial charge in [-0.1, -0.05) is 19.9 Å². The quantitative estimate of drug-likeness (QED) is 0.819. The van der Waals surface area contributed by atoms with Crippen molar-refractivity contribution in [1.82, 2.24) is 5.32 Å². The fourth-order valence-electron chi connectivity index (χ4n) is 1.37. The summed E-state index contributed by atoms with van der Waals surface area (Å²) in [5.41, 5.74) is 1.12. The van der Waals surface area contributed by atoms with Gasteiger partial charge >= 0.3 is 0 Å². The van der Waals surface area contributed by atoms with E-state index in [1.54, 1.807) is 7.11 Å². The molecule has 0 fully saturated rings. The minimum Gasteiger partial charge on any atom is -0.493 e. The molecule has 0 aliphatic heterocycles. The highest BCUT2D eigenvalue weighted by atomic mass is 16.5. The third-order valence-corrected chi connectivity index (χ3v) is 2.23. The molecule has 0 saturated heterocycles. The van der Waals surface area contributed by atoms with Crippen LogP contribution in [0, 0.1) is 11.3 Å². The Labute approximate surface area is 102 Å². The van der Waals surface area contributed by atoms with Crippen molar-refractivity contribution < 1.29 is 9.47 Å². The van der Waals surface area contributed by atoms with Crippen molar-refractivity contribution in [2.75, 3.05) is 13.7 Å². The number of hydrogen-bond donors (Lipinski definition) is 1. The first-order valence-corrected chi connectivity index (χ1v) is 5.57. The van der Waals surface area contributed by atoms with Gasteiger partial charge in [0.1, 0.15) is 6.07 Å². The molecule has 0 heterocycles. The molecule has 1 N–H and O–H groups in total. The molecule has 1 aromatic rings. The maximum absolute atomic E-state index is 8.47. The number of ether oxygens (including phenoxy) is 2. The third-order valence-electron chi connectivity index (χ3n) is 2.23. The minimum atomic E-state index is 0.0277. The molecule has 17 heavy (non-hydrogen) atoms. The molecule has 1 rings (SSSR count). The minimum absolute atomic E-state index is 0.0277. The van der Waals surface area contributed by atoms with E-state index in [2.05, 4.69) is 19.2 Å². The van der Waals surface area contributed by atoms with Crippen LogP contribution in [-0.4, -0.2) is 19.8 Å². The van der Waals surface area contributed by atoms with E-state index in [9.17, 15) is 0 Å². The van der Waals surface area contributed by atoms with E-state index in [0.717, 1.165) is 12.1 Å². The Morgan fingerprint density at radius 3 is 2.71 bits per heavy atom. The number of nitriles is 1. The van der Waals surface area contributed by atoms with Crippen LogP contribution in [0.2, 0.25) is 0 Å². The summed E-state index contributed by atoms with van der Waals surface area (Å²) < 4.78 is 10.5. The Bertz CT molecular complexity index is 397.